The first kappa shape index (κ1) is 31.0. The number of carbonyl (C=O) groups excluding carboxylic acids is 2. The van der Waals surface area contributed by atoms with Crippen LogP contribution in [0.2, 0.25) is 0 Å². The van der Waals surface area contributed by atoms with E-state index in [2.05, 4.69) is 34.6 Å². The molecule has 8 bridgehead atoms. The van der Waals surface area contributed by atoms with Crippen LogP contribution >= 0.6 is 0 Å². The highest BCUT2D eigenvalue weighted by molar-refractivity contribution is 6.38. The minimum Gasteiger partial charge on any atom is -0.469 e. The second-order valence-electron chi connectivity index (χ2n) is 12.8. The number of ketones is 1. The maximum Gasteiger partial charge on any atom is 0.305 e. The Morgan fingerprint density at radius 1 is 0.978 bits per heavy atom. The Bertz CT molecular complexity index is 1780. The summed E-state index contributed by atoms with van der Waals surface area (Å²) in [6, 6.07) is 0. The molecule has 0 aromatic carbocycles. The fourth-order valence-corrected chi connectivity index (χ4v) is 7.50. The number of hydrogen-bond acceptors (Lipinski definition) is 8. The number of hydrogen-bond donors (Lipinski definition) is 1. The molecule has 6 aliphatic rings. The average Bonchev–Trinajstić information content (AvgIpc) is 3.77. The fraction of sp³-hybridized carbons (Fsp3) is 0.459. The number of nitrogens with zero attached hydrogens (tertiary/aromatic N) is 4. The highest BCUT2D eigenvalue weighted by atomic mass is 16.5. The van der Waals surface area contributed by atoms with Crippen LogP contribution in [0.5, 0.6) is 0 Å². The molecule has 234 valence electrons. The van der Waals surface area contributed by atoms with Gasteiger partial charge < -0.3 is 9.84 Å². The molecule has 5 aliphatic heterocycles. The first-order valence-electron chi connectivity index (χ1n) is 16.2. The molecular formula is C37H42N4O4. The Morgan fingerprint density at radius 3 is 2.27 bits per heavy atom. The molecule has 5 heterocycles. The lowest BCUT2D eigenvalue weighted by atomic mass is 9.84. The summed E-state index contributed by atoms with van der Waals surface area (Å²) in [7, 11) is 1.40. The molecule has 0 unspecified atom stereocenters. The largest absolute Gasteiger partial charge is 0.469 e. The smallest absolute Gasteiger partial charge is 0.305 e. The zero-order chi connectivity index (χ0) is 32.3. The molecular weight excluding hydrogens is 564 g/mol. The van der Waals surface area contributed by atoms with E-state index in [0.29, 0.717) is 29.8 Å². The Morgan fingerprint density at radius 2 is 1.62 bits per heavy atom. The third-order valence-corrected chi connectivity index (χ3v) is 10.2. The predicted octanol–water partition coefficient (Wildman–Crippen LogP) is 6.67. The molecule has 0 aromatic rings. The SMILES string of the molecule is CCC1=C2C(=O)CC3=C4N=C(C=C5N=C(C=C6N=C(C=C1N=C32)C([C@H](C)CC)=C6C)C([C@@H](C)O)=C5C)[C@@H](C)[C@@H]4CCC(=O)OC. The van der Waals surface area contributed by atoms with Crippen molar-refractivity contribution in [3.8, 4) is 0 Å². The van der Waals surface area contributed by atoms with Gasteiger partial charge in [0.25, 0.3) is 0 Å². The van der Waals surface area contributed by atoms with Crippen LogP contribution in [0.1, 0.15) is 80.6 Å². The van der Waals surface area contributed by atoms with Crippen LogP contribution in [0.25, 0.3) is 0 Å². The molecule has 0 amide bonds. The summed E-state index contributed by atoms with van der Waals surface area (Å²) in [4.78, 5) is 46.4. The van der Waals surface area contributed by atoms with E-state index >= 15 is 0 Å². The van der Waals surface area contributed by atoms with Crippen molar-refractivity contribution in [2.24, 2.45) is 37.7 Å². The predicted molar refractivity (Wildman–Crippen MR) is 178 cm³/mol. The van der Waals surface area contributed by atoms with Crippen molar-refractivity contribution in [1.29, 1.82) is 0 Å². The van der Waals surface area contributed by atoms with Gasteiger partial charge in [-0.2, -0.15) is 0 Å². The molecule has 8 heteroatoms. The van der Waals surface area contributed by atoms with Crippen LogP contribution in [0, 0.1) is 17.8 Å². The lowest BCUT2D eigenvalue weighted by Gasteiger charge is -2.18. The number of aliphatic hydroxyl groups excluding tert-OH is 1. The summed E-state index contributed by atoms with van der Waals surface area (Å²) in [6.45, 7) is 14.4. The Hall–Kier alpha value is -4.04. The van der Waals surface area contributed by atoms with E-state index in [-0.39, 0.29) is 42.3 Å². The minimum atomic E-state index is -0.724. The first-order chi connectivity index (χ1) is 21.5. The minimum absolute atomic E-state index is 0.0311. The monoisotopic (exact) mass is 606 g/mol. The molecule has 1 N–H and O–H groups in total. The second kappa shape index (κ2) is 11.7. The highest BCUT2D eigenvalue weighted by Gasteiger charge is 2.43. The maximum atomic E-state index is 13.7. The number of esters is 1. The molecule has 1 aliphatic carbocycles. The van der Waals surface area contributed by atoms with Gasteiger partial charge >= 0.3 is 5.97 Å². The molecule has 0 spiro atoms. The maximum absolute atomic E-state index is 13.7. The van der Waals surface area contributed by atoms with E-state index in [1.165, 1.54) is 7.11 Å². The van der Waals surface area contributed by atoms with Crippen molar-refractivity contribution in [2.75, 3.05) is 7.11 Å². The van der Waals surface area contributed by atoms with Gasteiger partial charge in [-0.1, -0.05) is 27.7 Å². The summed E-state index contributed by atoms with van der Waals surface area (Å²) in [5, 5.41) is 10.9. The molecule has 1 fully saturated rings. The van der Waals surface area contributed by atoms with Gasteiger partial charge in [0, 0.05) is 47.1 Å². The quantitative estimate of drug-likeness (QED) is 0.326. The number of ether oxygens (including phenoxy) is 1. The lowest BCUT2D eigenvalue weighted by molar-refractivity contribution is -0.140. The number of methoxy groups -OCH3 is 1. The Kier molecular flexibility index (Phi) is 8.06. The van der Waals surface area contributed by atoms with Crippen molar-refractivity contribution < 1.29 is 19.4 Å². The van der Waals surface area contributed by atoms with Crippen molar-refractivity contribution >= 4 is 34.6 Å². The molecule has 4 atom stereocenters. The molecule has 6 rings (SSSR count). The van der Waals surface area contributed by atoms with Crippen LogP contribution in [0.4, 0.5) is 0 Å². The summed E-state index contributed by atoms with van der Waals surface area (Å²) in [5.41, 5.74) is 12.7. The number of aliphatic imine (C=N–C) groups is 4. The zero-order valence-electron chi connectivity index (χ0n) is 27.5. The molecule has 8 nitrogen and oxygen atoms in total. The third-order valence-electron chi connectivity index (χ3n) is 10.2. The summed E-state index contributed by atoms with van der Waals surface area (Å²) >= 11 is 0. The van der Waals surface area contributed by atoms with E-state index in [4.69, 9.17) is 24.7 Å². The average molecular weight is 607 g/mol. The van der Waals surface area contributed by atoms with Crippen LogP contribution in [0.15, 0.2) is 100.0 Å². The fourth-order valence-electron chi connectivity index (χ4n) is 7.50. The molecule has 0 radical (unpaired) electrons. The van der Waals surface area contributed by atoms with Gasteiger partial charge in [-0.3, -0.25) is 14.6 Å². The van der Waals surface area contributed by atoms with Gasteiger partial charge in [-0.05, 0) is 86.5 Å². The molecule has 45 heavy (non-hydrogen) atoms. The van der Waals surface area contributed by atoms with Gasteiger partial charge in [0.1, 0.15) is 0 Å². The van der Waals surface area contributed by atoms with E-state index in [0.717, 1.165) is 74.1 Å². The van der Waals surface area contributed by atoms with Gasteiger partial charge in [0.05, 0.1) is 53.1 Å². The molecule has 0 saturated heterocycles. The highest BCUT2D eigenvalue weighted by Crippen LogP contribution is 2.46. The van der Waals surface area contributed by atoms with Crippen molar-refractivity contribution in [2.45, 2.75) is 86.7 Å². The van der Waals surface area contributed by atoms with Crippen molar-refractivity contribution in [3.05, 3.63) is 80.0 Å². The van der Waals surface area contributed by atoms with E-state index in [9.17, 15) is 14.7 Å². The van der Waals surface area contributed by atoms with Crippen LogP contribution in [0.3, 0.4) is 0 Å². The van der Waals surface area contributed by atoms with Crippen LogP contribution in [-0.4, -0.2) is 52.9 Å². The number of carbonyl (C=O) groups is 2. The van der Waals surface area contributed by atoms with Gasteiger partial charge in [-0.25, -0.2) is 15.0 Å². The second-order valence-corrected chi connectivity index (χ2v) is 12.8. The molecule has 0 aromatic heterocycles. The van der Waals surface area contributed by atoms with Crippen LogP contribution < -0.4 is 0 Å². The van der Waals surface area contributed by atoms with E-state index < -0.39 is 6.10 Å². The number of allylic oxidation sites excluding steroid dienone is 10. The topological polar surface area (TPSA) is 113 Å². The zero-order valence-corrected chi connectivity index (χ0v) is 27.5. The standard InChI is InChI=1S/C37H42N4O4/c1-9-17(3)33-19(5)27-15-30-34(21(7)42)20(6)26(39-30)14-25-18(4)23(11-12-32(44)45-8)36(40-25)24-13-31(43)35-22(10-2)28(41-37(24)35)16-29(33)38-27/h14-18,21,23,42H,9-13H2,1-8H3/t17-,18+,21-,23+/m1/s1. The number of rotatable bonds is 7. The van der Waals surface area contributed by atoms with Crippen molar-refractivity contribution in [1.82, 2.24) is 0 Å². The Balaban J connectivity index is 1.64. The van der Waals surface area contributed by atoms with E-state index in [1.807, 2.05) is 25.2 Å². The summed E-state index contributed by atoms with van der Waals surface area (Å²) in [6.07, 6.45) is 7.96. The van der Waals surface area contributed by atoms with Gasteiger partial charge in [0.2, 0.25) is 0 Å². The first-order valence-corrected chi connectivity index (χ1v) is 16.2. The summed E-state index contributed by atoms with van der Waals surface area (Å²) < 4.78 is 4.97. The van der Waals surface area contributed by atoms with Crippen LogP contribution in [-0.2, 0) is 14.3 Å². The van der Waals surface area contributed by atoms with Crippen molar-refractivity contribution in [3.63, 3.8) is 0 Å². The third kappa shape index (κ3) is 5.03. The summed E-state index contributed by atoms with van der Waals surface area (Å²) in [5.74, 6) is -0.0727. The number of fused-ring (bicyclic) bond motifs is 4. The number of Topliss-reactive ketones (excluding diaryl/α,β-unsaturated/α-hetero) is 1. The normalized spacial score (nSPS) is 25.4. The molecule has 1 saturated carbocycles. The van der Waals surface area contributed by atoms with E-state index in [1.54, 1.807) is 6.92 Å². The van der Waals surface area contributed by atoms with Gasteiger partial charge in [0.15, 0.2) is 5.78 Å². The lowest BCUT2D eigenvalue weighted by Crippen LogP contribution is -2.17. The number of aliphatic hydroxyl groups is 1. The Labute approximate surface area is 265 Å². The van der Waals surface area contributed by atoms with Gasteiger partial charge in [-0.15, -0.1) is 0 Å².